The van der Waals surface area contributed by atoms with E-state index in [1.54, 1.807) is 5.38 Å². The number of carbonyl (C=O) groups is 1. The van der Waals surface area contributed by atoms with Crippen LogP contribution in [0, 0.1) is 0 Å². The summed E-state index contributed by atoms with van der Waals surface area (Å²) in [6, 6.07) is 17.4. The third-order valence-electron chi connectivity index (χ3n) is 4.23. The Balaban J connectivity index is 1.38. The van der Waals surface area contributed by atoms with Crippen molar-refractivity contribution in [2.45, 2.75) is 18.9 Å². The normalized spacial score (nSPS) is 11.9. The maximum absolute atomic E-state index is 12.0. The molecule has 0 fully saturated rings. The first-order chi connectivity index (χ1) is 13.6. The monoisotopic (exact) mass is 396 g/mol. The van der Waals surface area contributed by atoms with Gasteiger partial charge in [0.1, 0.15) is 10.8 Å². The molecule has 0 spiro atoms. The second-order valence-electron chi connectivity index (χ2n) is 6.47. The van der Waals surface area contributed by atoms with Crippen molar-refractivity contribution in [3.05, 3.63) is 76.1 Å². The number of nitrogen functional groups attached to an aromatic ring is 1. The number of nitrogens with zero attached hydrogens (tertiary/aromatic N) is 1. The Hall–Kier alpha value is -2.74. The molecule has 5 N–H and O–H groups in total. The van der Waals surface area contributed by atoms with Crippen molar-refractivity contribution in [3.63, 3.8) is 0 Å². The molecule has 1 atom stereocenters. The predicted octanol–water partition coefficient (Wildman–Crippen LogP) is 2.77. The fourth-order valence-electron chi connectivity index (χ4n) is 2.77. The van der Waals surface area contributed by atoms with E-state index in [1.165, 1.54) is 11.3 Å². The van der Waals surface area contributed by atoms with Crippen molar-refractivity contribution < 1.29 is 9.90 Å². The summed E-state index contributed by atoms with van der Waals surface area (Å²) in [6.45, 7) is 1.28. The van der Waals surface area contributed by atoms with Crippen LogP contribution in [0.3, 0.4) is 0 Å². The SMILES string of the molecule is Nc1csc(CC(=O)Nc2ccc(CCNC[C@H](O)c3ccccc3)cc2)n1. The van der Waals surface area contributed by atoms with Gasteiger partial charge >= 0.3 is 0 Å². The number of carbonyl (C=O) groups excluding carboxylic acids is 1. The summed E-state index contributed by atoms with van der Waals surface area (Å²) in [6.07, 6.45) is 0.553. The molecule has 0 saturated heterocycles. The molecule has 0 aliphatic rings. The van der Waals surface area contributed by atoms with Gasteiger partial charge in [-0.25, -0.2) is 4.98 Å². The van der Waals surface area contributed by atoms with Crippen LogP contribution < -0.4 is 16.4 Å². The zero-order valence-electron chi connectivity index (χ0n) is 15.5. The molecule has 28 heavy (non-hydrogen) atoms. The third-order valence-corrected chi connectivity index (χ3v) is 5.10. The molecule has 0 bridgehead atoms. The van der Waals surface area contributed by atoms with Crippen LogP contribution in [0.4, 0.5) is 11.5 Å². The first kappa shape index (κ1) is 20.0. The van der Waals surface area contributed by atoms with Gasteiger partial charge in [0.2, 0.25) is 5.91 Å². The highest BCUT2D eigenvalue weighted by Crippen LogP contribution is 2.14. The molecule has 0 unspecified atom stereocenters. The van der Waals surface area contributed by atoms with Gasteiger partial charge in [-0.2, -0.15) is 0 Å². The summed E-state index contributed by atoms with van der Waals surface area (Å²) in [7, 11) is 0. The lowest BCUT2D eigenvalue weighted by Crippen LogP contribution is -2.23. The number of aliphatic hydroxyl groups excluding tert-OH is 1. The van der Waals surface area contributed by atoms with Gasteiger partial charge in [0.15, 0.2) is 0 Å². The van der Waals surface area contributed by atoms with E-state index in [0.29, 0.717) is 17.4 Å². The summed E-state index contributed by atoms with van der Waals surface area (Å²) in [4.78, 5) is 16.1. The van der Waals surface area contributed by atoms with E-state index in [-0.39, 0.29) is 12.3 Å². The van der Waals surface area contributed by atoms with E-state index < -0.39 is 6.10 Å². The van der Waals surface area contributed by atoms with Gasteiger partial charge in [-0.3, -0.25) is 4.79 Å². The Morgan fingerprint density at radius 1 is 1.14 bits per heavy atom. The highest BCUT2D eigenvalue weighted by atomic mass is 32.1. The maximum Gasteiger partial charge on any atom is 0.231 e. The van der Waals surface area contributed by atoms with E-state index >= 15 is 0 Å². The van der Waals surface area contributed by atoms with Crippen LogP contribution in [-0.4, -0.2) is 29.1 Å². The van der Waals surface area contributed by atoms with Gasteiger partial charge in [0.25, 0.3) is 0 Å². The number of hydrogen-bond donors (Lipinski definition) is 4. The largest absolute Gasteiger partial charge is 0.387 e. The van der Waals surface area contributed by atoms with Crippen molar-refractivity contribution in [2.75, 3.05) is 24.1 Å². The molecule has 6 nitrogen and oxygen atoms in total. The van der Waals surface area contributed by atoms with E-state index in [0.717, 1.165) is 29.8 Å². The Morgan fingerprint density at radius 3 is 2.57 bits per heavy atom. The number of nitrogens with one attached hydrogen (secondary N) is 2. The Bertz CT molecular complexity index is 881. The van der Waals surface area contributed by atoms with Gasteiger partial charge in [-0.05, 0) is 36.2 Å². The number of hydrogen-bond acceptors (Lipinski definition) is 6. The van der Waals surface area contributed by atoms with Crippen LogP contribution in [-0.2, 0) is 17.6 Å². The lowest BCUT2D eigenvalue weighted by molar-refractivity contribution is -0.115. The number of aliphatic hydroxyl groups is 1. The first-order valence-corrected chi connectivity index (χ1v) is 10.0. The van der Waals surface area contributed by atoms with Crippen molar-refractivity contribution in [3.8, 4) is 0 Å². The van der Waals surface area contributed by atoms with E-state index in [2.05, 4.69) is 15.6 Å². The molecular weight excluding hydrogens is 372 g/mol. The second-order valence-corrected chi connectivity index (χ2v) is 7.41. The fourth-order valence-corrected chi connectivity index (χ4v) is 3.45. The van der Waals surface area contributed by atoms with Crippen LogP contribution in [0.2, 0.25) is 0 Å². The number of rotatable bonds is 9. The Kier molecular flexibility index (Phi) is 7.13. The molecule has 3 rings (SSSR count). The molecule has 2 aromatic carbocycles. The molecule has 1 amide bonds. The van der Waals surface area contributed by atoms with Gasteiger partial charge in [0, 0.05) is 17.6 Å². The summed E-state index contributed by atoms with van der Waals surface area (Å²) in [5.41, 5.74) is 8.40. The smallest absolute Gasteiger partial charge is 0.231 e. The quantitative estimate of drug-likeness (QED) is 0.417. The van der Waals surface area contributed by atoms with Crippen LogP contribution in [0.1, 0.15) is 22.2 Å². The highest BCUT2D eigenvalue weighted by molar-refractivity contribution is 7.10. The van der Waals surface area contributed by atoms with Crippen molar-refractivity contribution >= 4 is 28.7 Å². The minimum absolute atomic E-state index is 0.112. The number of benzene rings is 2. The Labute approximate surface area is 168 Å². The molecule has 1 aromatic heterocycles. The molecule has 3 aromatic rings. The average Bonchev–Trinajstić information content (AvgIpc) is 3.11. The second kappa shape index (κ2) is 9.98. The minimum atomic E-state index is -0.507. The number of nitrogens with two attached hydrogens (primary N) is 1. The van der Waals surface area contributed by atoms with E-state index in [1.807, 2.05) is 54.6 Å². The summed E-state index contributed by atoms with van der Waals surface area (Å²) >= 11 is 1.38. The summed E-state index contributed by atoms with van der Waals surface area (Å²) in [5, 5.41) is 18.7. The van der Waals surface area contributed by atoms with Crippen LogP contribution in [0.5, 0.6) is 0 Å². The van der Waals surface area contributed by atoms with Crippen molar-refractivity contribution in [1.82, 2.24) is 10.3 Å². The molecule has 0 saturated carbocycles. The highest BCUT2D eigenvalue weighted by Gasteiger charge is 2.08. The van der Waals surface area contributed by atoms with E-state index in [9.17, 15) is 9.90 Å². The van der Waals surface area contributed by atoms with E-state index in [4.69, 9.17) is 5.73 Å². The van der Waals surface area contributed by atoms with Gasteiger partial charge in [-0.15, -0.1) is 11.3 Å². The van der Waals surface area contributed by atoms with Crippen molar-refractivity contribution in [2.24, 2.45) is 0 Å². The molecule has 146 valence electrons. The van der Waals surface area contributed by atoms with Gasteiger partial charge < -0.3 is 21.5 Å². The average molecular weight is 397 g/mol. The Morgan fingerprint density at radius 2 is 1.89 bits per heavy atom. The lowest BCUT2D eigenvalue weighted by Gasteiger charge is -2.12. The molecule has 0 radical (unpaired) electrons. The fraction of sp³-hybridized carbons (Fsp3) is 0.238. The minimum Gasteiger partial charge on any atom is -0.387 e. The molecular formula is C21H24N4O2S. The zero-order chi connectivity index (χ0) is 19.8. The molecule has 0 aliphatic carbocycles. The molecule has 7 heteroatoms. The third kappa shape index (κ3) is 6.16. The summed E-state index contributed by atoms with van der Waals surface area (Å²) in [5.74, 6) is 0.334. The number of anilines is 2. The zero-order valence-corrected chi connectivity index (χ0v) is 16.3. The predicted molar refractivity (Wildman–Crippen MR) is 113 cm³/mol. The van der Waals surface area contributed by atoms with Crippen LogP contribution in [0.25, 0.3) is 0 Å². The maximum atomic E-state index is 12.0. The van der Waals surface area contributed by atoms with Gasteiger partial charge in [-0.1, -0.05) is 42.5 Å². The van der Waals surface area contributed by atoms with Crippen molar-refractivity contribution in [1.29, 1.82) is 0 Å². The van der Waals surface area contributed by atoms with Crippen LogP contribution >= 0.6 is 11.3 Å². The number of amides is 1. The molecule has 1 heterocycles. The summed E-state index contributed by atoms with van der Waals surface area (Å²) < 4.78 is 0. The number of thiazole rings is 1. The lowest BCUT2D eigenvalue weighted by atomic mass is 10.1. The number of aromatic nitrogens is 1. The molecule has 0 aliphatic heterocycles. The van der Waals surface area contributed by atoms with Crippen LogP contribution in [0.15, 0.2) is 60.0 Å². The first-order valence-electron chi connectivity index (χ1n) is 9.12. The topological polar surface area (TPSA) is 100 Å². The standard InChI is InChI=1S/C21H24N4O2S/c22-19-14-28-21(25-19)12-20(27)24-17-8-6-15(7-9-17)10-11-23-13-18(26)16-4-2-1-3-5-16/h1-9,14,18,23,26H,10-13,22H2,(H,24,27)/t18-/m0/s1. The van der Waals surface area contributed by atoms with Gasteiger partial charge in [0.05, 0.1) is 12.5 Å².